The van der Waals surface area contributed by atoms with Gasteiger partial charge in [0, 0.05) is 0 Å². The van der Waals surface area contributed by atoms with E-state index in [9.17, 15) is 0 Å². The summed E-state index contributed by atoms with van der Waals surface area (Å²) in [6.45, 7) is 4.28. The van der Waals surface area contributed by atoms with E-state index in [4.69, 9.17) is 0 Å². The van der Waals surface area contributed by atoms with Crippen molar-refractivity contribution in [1.29, 1.82) is 0 Å². The van der Waals surface area contributed by atoms with E-state index in [2.05, 4.69) is 62.4 Å². The number of hydrogen-bond donors (Lipinski definition) is 0. The molecule has 2 aromatic rings. The first-order valence-corrected chi connectivity index (χ1v) is 11.3. The molecule has 2 heteroatoms. The van der Waals surface area contributed by atoms with Gasteiger partial charge in [-0.1, -0.05) is 0 Å². The average Bonchev–Trinajstić information content (AvgIpc) is 2.30. The maximum atomic E-state index is 2.27. The first-order chi connectivity index (χ1) is 7.74. The summed E-state index contributed by atoms with van der Waals surface area (Å²) in [6.07, 6.45) is 0. The van der Waals surface area contributed by atoms with Crippen LogP contribution in [0.3, 0.4) is 0 Å². The molecule has 0 fully saturated rings. The summed E-state index contributed by atoms with van der Waals surface area (Å²) in [5, 5.41) is 0. The Morgan fingerprint density at radius 3 is 1.19 bits per heavy atom. The molecule has 2 aromatic carbocycles. The molecular weight excluding hydrogens is 326 g/mol. The molecule has 0 aliphatic heterocycles. The molecule has 0 bridgehead atoms. The zero-order chi connectivity index (χ0) is 11.4. The SMILES string of the molecule is Cc1ccc([Se][Se]c2ccc(C)cc2)cc1. The van der Waals surface area contributed by atoms with E-state index < -0.39 is 0 Å². The van der Waals surface area contributed by atoms with Gasteiger partial charge in [-0.2, -0.15) is 0 Å². The minimum atomic E-state index is 0.621. The minimum absolute atomic E-state index is 0.621. The Morgan fingerprint density at radius 2 is 0.875 bits per heavy atom. The fourth-order valence-corrected chi connectivity index (χ4v) is 7.25. The van der Waals surface area contributed by atoms with E-state index >= 15 is 0 Å². The van der Waals surface area contributed by atoms with Crippen molar-refractivity contribution in [2.24, 2.45) is 0 Å². The van der Waals surface area contributed by atoms with E-state index in [0.717, 1.165) is 0 Å². The van der Waals surface area contributed by atoms with Gasteiger partial charge in [-0.05, 0) is 0 Å². The van der Waals surface area contributed by atoms with Crippen molar-refractivity contribution in [2.45, 2.75) is 13.8 Å². The molecule has 0 unspecified atom stereocenters. The third-order valence-electron chi connectivity index (χ3n) is 2.28. The Hall–Kier alpha value is -0.521. The predicted octanol–water partition coefficient (Wildman–Crippen LogP) is 1.58. The van der Waals surface area contributed by atoms with Crippen molar-refractivity contribution < 1.29 is 0 Å². The fraction of sp³-hybridized carbons (Fsp3) is 0.143. The van der Waals surface area contributed by atoms with E-state index in [-0.39, 0.29) is 0 Å². The second-order valence-corrected chi connectivity index (χ2v) is 10.1. The van der Waals surface area contributed by atoms with Gasteiger partial charge in [-0.15, -0.1) is 0 Å². The molecule has 82 valence electrons. The summed E-state index contributed by atoms with van der Waals surface area (Å²) >= 11 is 1.24. The summed E-state index contributed by atoms with van der Waals surface area (Å²) in [7, 11) is 0. The number of aryl methyl sites for hydroxylation is 2. The van der Waals surface area contributed by atoms with Crippen LogP contribution in [0.1, 0.15) is 11.1 Å². The molecule has 0 N–H and O–H groups in total. The zero-order valence-electron chi connectivity index (χ0n) is 9.44. The van der Waals surface area contributed by atoms with Crippen LogP contribution < -0.4 is 8.92 Å². The van der Waals surface area contributed by atoms with Crippen LogP contribution in [0, 0.1) is 13.8 Å². The Labute approximate surface area is 108 Å². The van der Waals surface area contributed by atoms with Gasteiger partial charge in [0.05, 0.1) is 0 Å². The molecule has 0 heterocycles. The van der Waals surface area contributed by atoms with Crippen LogP contribution in [-0.4, -0.2) is 26.3 Å². The van der Waals surface area contributed by atoms with Gasteiger partial charge in [0.2, 0.25) is 0 Å². The van der Waals surface area contributed by atoms with Gasteiger partial charge in [-0.25, -0.2) is 0 Å². The molecule has 0 spiro atoms. The molecule has 0 aromatic heterocycles. The zero-order valence-corrected chi connectivity index (χ0v) is 12.9. The first-order valence-electron chi connectivity index (χ1n) is 5.22. The van der Waals surface area contributed by atoms with Crippen LogP contribution in [0.4, 0.5) is 0 Å². The van der Waals surface area contributed by atoms with Crippen LogP contribution >= 0.6 is 0 Å². The van der Waals surface area contributed by atoms with Crippen molar-refractivity contribution in [1.82, 2.24) is 0 Å². The van der Waals surface area contributed by atoms with Crippen LogP contribution in [0.15, 0.2) is 48.5 Å². The normalized spacial score (nSPS) is 10.4. The van der Waals surface area contributed by atoms with Gasteiger partial charge in [0.15, 0.2) is 0 Å². The van der Waals surface area contributed by atoms with Gasteiger partial charge < -0.3 is 0 Å². The Balaban J connectivity index is 1.97. The monoisotopic (exact) mass is 342 g/mol. The van der Waals surface area contributed by atoms with E-state index in [1.807, 2.05) is 0 Å². The molecule has 0 aliphatic carbocycles. The number of rotatable bonds is 3. The quantitative estimate of drug-likeness (QED) is 0.745. The van der Waals surface area contributed by atoms with Crippen molar-refractivity contribution >= 4 is 35.2 Å². The molecule has 0 amide bonds. The molecule has 0 nitrogen and oxygen atoms in total. The third-order valence-corrected chi connectivity index (χ3v) is 9.51. The number of hydrogen-bond acceptors (Lipinski definition) is 0. The summed E-state index contributed by atoms with van der Waals surface area (Å²) < 4.78 is 3.03. The van der Waals surface area contributed by atoms with Gasteiger partial charge in [-0.3, -0.25) is 0 Å². The molecule has 0 aliphatic rings. The van der Waals surface area contributed by atoms with Gasteiger partial charge in [0.25, 0.3) is 0 Å². The van der Waals surface area contributed by atoms with Crippen molar-refractivity contribution in [3.8, 4) is 0 Å². The van der Waals surface area contributed by atoms with Crippen LogP contribution in [-0.2, 0) is 0 Å². The molecule has 0 radical (unpaired) electrons. The molecule has 16 heavy (non-hydrogen) atoms. The second kappa shape index (κ2) is 5.70. The Morgan fingerprint density at radius 1 is 0.562 bits per heavy atom. The van der Waals surface area contributed by atoms with E-state index in [0.29, 0.717) is 26.3 Å². The standard InChI is InChI=1S/C14H14Se2/c1-11-3-7-13(8-4-11)15-16-14-9-5-12(2)6-10-14/h3-10H,1-2H3. The molecular formula is C14H14Se2. The summed E-state index contributed by atoms with van der Waals surface area (Å²) in [6, 6.07) is 17.9. The third kappa shape index (κ3) is 3.50. The topological polar surface area (TPSA) is 0 Å². The van der Waals surface area contributed by atoms with Gasteiger partial charge in [0.1, 0.15) is 0 Å². The molecule has 2 rings (SSSR count). The number of benzene rings is 2. The predicted molar refractivity (Wildman–Crippen MR) is 73.1 cm³/mol. The Kier molecular flexibility index (Phi) is 4.26. The van der Waals surface area contributed by atoms with Gasteiger partial charge >= 0.3 is 109 Å². The molecule has 0 saturated heterocycles. The van der Waals surface area contributed by atoms with E-state index in [1.165, 1.54) is 20.1 Å². The Bertz CT molecular complexity index is 398. The van der Waals surface area contributed by atoms with Crippen molar-refractivity contribution in [2.75, 3.05) is 0 Å². The average molecular weight is 340 g/mol. The van der Waals surface area contributed by atoms with Crippen molar-refractivity contribution in [3.63, 3.8) is 0 Å². The van der Waals surface area contributed by atoms with Crippen LogP contribution in [0.5, 0.6) is 0 Å². The molecule has 0 saturated carbocycles. The van der Waals surface area contributed by atoms with Crippen LogP contribution in [0.2, 0.25) is 0 Å². The summed E-state index contributed by atoms with van der Waals surface area (Å²) in [5.74, 6) is 0. The molecule has 0 atom stereocenters. The fourth-order valence-electron chi connectivity index (χ4n) is 1.28. The van der Waals surface area contributed by atoms with E-state index in [1.54, 1.807) is 0 Å². The second-order valence-electron chi connectivity index (χ2n) is 3.79. The maximum absolute atomic E-state index is 2.27. The van der Waals surface area contributed by atoms with Crippen molar-refractivity contribution in [3.05, 3.63) is 59.7 Å². The summed E-state index contributed by atoms with van der Waals surface area (Å²) in [4.78, 5) is 0. The van der Waals surface area contributed by atoms with Crippen LogP contribution in [0.25, 0.3) is 0 Å². The first kappa shape index (κ1) is 11.9. The summed E-state index contributed by atoms with van der Waals surface area (Å²) in [5.41, 5.74) is 2.70.